The van der Waals surface area contributed by atoms with Gasteiger partial charge >= 0.3 is 5.97 Å². The van der Waals surface area contributed by atoms with Crippen molar-refractivity contribution in [2.75, 3.05) is 0 Å². The maximum absolute atomic E-state index is 12.6. The summed E-state index contributed by atoms with van der Waals surface area (Å²) in [6.07, 6.45) is 0.102. The molecule has 0 heterocycles. The van der Waals surface area contributed by atoms with Crippen LogP contribution in [-0.2, 0) is 25.6 Å². The fourth-order valence-electron chi connectivity index (χ4n) is 2.16. The van der Waals surface area contributed by atoms with Gasteiger partial charge in [0.25, 0.3) is 0 Å². The number of aliphatic carboxylic acids is 1. The molecule has 1 rings (SSSR count). The lowest BCUT2D eigenvalue weighted by Crippen LogP contribution is -2.56. The van der Waals surface area contributed by atoms with E-state index in [1.54, 1.807) is 12.1 Å². The average Bonchev–Trinajstić information content (AvgIpc) is 2.62. The number of nitrogens with two attached hydrogens (primary N) is 1. The van der Waals surface area contributed by atoms with Crippen molar-refractivity contribution < 1.29 is 29.4 Å². The molecule has 1 aromatic carbocycles. The molecule has 0 bridgehead atoms. The van der Waals surface area contributed by atoms with Crippen molar-refractivity contribution in [3.05, 3.63) is 29.8 Å². The first-order valence-corrected chi connectivity index (χ1v) is 8.68. The SMILES string of the molecule is CC(N)C(=O)NC(Cc1ccc(O)cc1)C(=O)NC(C)C(=O)NC(C)C(=O)O. The van der Waals surface area contributed by atoms with Crippen LogP contribution in [0.4, 0.5) is 0 Å². The van der Waals surface area contributed by atoms with E-state index >= 15 is 0 Å². The summed E-state index contributed by atoms with van der Waals surface area (Å²) in [5, 5.41) is 25.4. The number of nitrogens with one attached hydrogen (secondary N) is 3. The van der Waals surface area contributed by atoms with E-state index in [0.717, 1.165) is 0 Å². The molecular weight excluding hydrogens is 368 g/mol. The molecule has 0 saturated carbocycles. The Kier molecular flexibility index (Phi) is 8.39. The Morgan fingerprint density at radius 2 is 1.43 bits per heavy atom. The van der Waals surface area contributed by atoms with E-state index in [9.17, 15) is 24.3 Å². The first-order valence-electron chi connectivity index (χ1n) is 8.68. The van der Waals surface area contributed by atoms with Crippen LogP contribution in [-0.4, -0.2) is 58.1 Å². The molecule has 7 N–H and O–H groups in total. The lowest BCUT2D eigenvalue weighted by atomic mass is 10.0. The predicted molar refractivity (Wildman–Crippen MR) is 100 cm³/mol. The zero-order valence-corrected chi connectivity index (χ0v) is 15.9. The van der Waals surface area contributed by atoms with Crippen molar-refractivity contribution >= 4 is 23.7 Å². The van der Waals surface area contributed by atoms with Crippen molar-refractivity contribution in [2.24, 2.45) is 5.73 Å². The Bertz CT molecular complexity index is 719. The van der Waals surface area contributed by atoms with E-state index < -0.39 is 47.9 Å². The van der Waals surface area contributed by atoms with Gasteiger partial charge in [0, 0.05) is 6.42 Å². The van der Waals surface area contributed by atoms with Crippen molar-refractivity contribution in [3.8, 4) is 5.75 Å². The number of carboxylic acid groups (broad SMARTS) is 1. The summed E-state index contributed by atoms with van der Waals surface area (Å²) >= 11 is 0. The van der Waals surface area contributed by atoms with E-state index in [1.807, 2.05) is 0 Å². The second kappa shape index (κ2) is 10.3. The maximum atomic E-state index is 12.6. The standard InChI is InChI=1S/C18H26N4O6/c1-9(19)15(24)22-14(8-12-4-6-13(23)7-5-12)17(26)20-10(2)16(25)21-11(3)18(27)28/h4-7,9-11,14,23H,8,19H2,1-3H3,(H,20,26)(H,21,25)(H,22,24)(H,27,28). The summed E-state index contributed by atoms with van der Waals surface area (Å²) in [6.45, 7) is 4.16. The number of carbonyl (C=O) groups is 4. The third-order valence-electron chi connectivity index (χ3n) is 3.90. The highest BCUT2D eigenvalue weighted by molar-refractivity contribution is 5.93. The van der Waals surface area contributed by atoms with Gasteiger partial charge in [0.15, 0.2) is 0 Å². The summed E-state index contributed by atoms with van der Waals surface area (Å²) < 4.78 is 0. The Balaban J connectivity index is 2.85. The highest BCUT2D eigenvalue weighted by Crippen LogP contribution is 2.11. The number of hydrogen-bond acceptors (Lipinski definition) is 6. The van der Waals surface area contributed by atoms with Gasteiger partial charge in [-0.2, -0.15) is 0 Å². The van der Waals surface area contributed by atoms with Gasteiger partial charge in [0.2, 0.25) is 17.7 Å². The zero-order valence-electron chi connectivity index (χ0n) is 15.9. The molecule has 0 fully saturated rings. The fraction of sp³-hybridized carbons (Fsp3) is 0.444. The lowest BCUT2D eigenvalue weighted by Gasteiger charge is -2.22. The number of rotatable bonds is 9. The molecule has 10 heteroatoms. The van der Waals surface area contributed by atoms with Gasteiger partial charge in [-0.25, -0.2) is 0 Å². The fourth-order valence-corrected chi connectivity index (χ4v) is 2.16. The molecule has 0 saturated heterocycles. The van der Waals surface area contributed by atoms with Crippen LogP contribution in [0.3, 0.4) is 0 Å². The molecule has 4 atom stereocenters. The average molecular weight is 394 g/mol. The van der Waals surface area contributed by atoms with Crippen molar-refractivity contribution in [1.82, 2.24) is 16.0 Å². The first-order chi connectivity index (χ1) is 13.0. The molecule has 28 heavy (non-hydrogen) atoms. The molecular formula is C18H26N4O6. The summed E-state index contributed by atoms with van der Waals surface area (Å²) in [5.74, 6) is -3.00. The highest BCUT2D eigenvalue weighted by Gasteiger charge is 2.26. The molecule has 154 valence electrons. The largest absolute Gasteiger partial charge is 0.508 e. The Labute approximate surface area is 162 Å². The van der Waals surface area contributed by atoms with Crippen LogP contribution >= 0.6 is 0 Å². The predicted octanol–water partition coefficient (Wildman–Crippen LogP) is -1.14. The van der Waals surface area contributed by atoms with Crippen molar-refractivity contribution in [3.63, 3.8) is 0 Å². The number of hydrogen-bond donors (Lipinski definition) is 6. The summed E-state index contributed by atoms with van der Waals surface area (Å²) in [6, 6.07) is 2.09. The van der Waals surface area contributed by atoms with Crippen LogP contribution in [0.2, 0.25) is 0 Å². The van der Waals surface area contributed by atoms with Gasteiger partial charge in [0.1, 0.15) is 23.9 Å². The number of amides is 3. The van der Waals surface area contributed by atoms with Crippen LogP contribution < -0.4 is 21.7 Å². The molecule has 10 nitrogen and oxygen atoms in total. The zero-order chi connectivity index (χ0) is 21.4. The van der Waals surface area contributed by atoms with Crippen LogP contribution in [0.5, 0.6) is 5.75 Å². The second-order valence-corrected chi connectivity index (χ2v) is 6.52. The van der Waals surface area contributed by atoms with Crippen LogP contribution in [0.15, 0.2) is 24.3 Å². The van der Waals surface area contributed by atoms with Crippen molar-refractivity contribution in [1.29, 1.82) is 0 Å². The van der Waals surface area contributed by atoms with Crippen LogP contribution in [0.25, 0.3) is 0 Å². The Hall–Kier alpha value is -3.14. The van der Waals surface area contributed by atoms with Crippen LogP contribution in [0.1, 0.15) is 26.3 Å². The number of aromatic hydroxyl groups is 1. The first kappa shape index (κ1) is 22.9. The topological polar surface area (TPSA) is 171 Å². The quantitative estimate of drug-likeness (QED) is 0.307. The molecule has 3 amide bonds. The Morgan fingerprint density at radius 1 is 0.893 bits per heavy atom. The van der Waals surface area contributed by atoms with Crippen LogP contribution in [0, 0.1) is 0 Å². The number of phenols is 1. The number of benzene rings is 1. The minimum atomic E-state index is -1.21. The molecule has 0 spiro atoms. The monoisotopic (exact) mass is 394 g/mol. The summed E-state index contributed by atoms with van der Waals surface area (Å²) in [4.78, 5) is 47.4. The summed E-state index contributed by atoms with van der Waals surface area (Å²) in [7, 11) is 0. The van der Waals surface area contributed by atoms with E-state index in [0.29, 0.717) is 5.56 Å². The van der Waals surface area contributed by atoms with E-state index in [1.165, 1.54) is 32.9 Å². The summed E-state index contributed by atoms with van der Waals surface area (Å²) in [5.41, 5.74) is 6.20. The highest BCUT2D eigenvalue weighted by atomic mass is 16.4. The number of carbonyl (C=O) groups excluding carboxylic acids is 3. The maximum Gasteiger partial charge on any atom is 0.325 e. The van der Waals surface area contributed by atoms with Gasteiger partial charge in [-0.05, 0) is 38.5 Å². The second-order valence-electron chi connectivity index (χ2n) is 6.52. The molecule has 0 aliphatic rings. The smallest absolute Gasteiger partial charge is 0.325 e. The minimum absolute atomic E-state index is 0.0576. The minimum Gasteiger partial charge on any atom is -0.508 e. The lowest BCUT2D eigenvalue weighted by molar-refractivity contribution is -0.141. The van der Waals surface area contributed by atoms with Gasteiger partial charge < -0.3 is 31.9 Å². The van der Waals surface area contributed by atoms with Gasteiger partial charge in [-0.3, -0.25) is 19.2 Å². The third-order valence-corrected chi connectivity index (χ3v) is 3.90. The molecule has 0 aromatic heterocycles. The van der Waals surface area contributed by atoms with Gasteiger partial charge in [-0.15, -0.1) is 0 Å². The van der Waals surface area contributed by atoms with E-state index in [2.05, 4.69) is 16.0 Å². The molecule has 1 aromatic rings. The van der Waals surface area contributed by atoms with Crippen molar-refractivity contribution in [2.45, 2.75) is 51.4 Å². The number of carboxylic acids is 1. The van der Waals surface area contributed by atoms with Gasteiger partial charge in [0.05, 0.1) is 6.04 Å². The molecule has 0 aliphatic heterocycles. The van der Waals surface area contributed by atoms with Gasteiger partial charge in [-0.1, -0.05) is 12.1 Å². The Morgan fingerprint density at radius 3 is 1.93 bits per heavy atom. The van der Waals surface area contributed by atoms with E-state index in [-0.39, 0.29) is 12.2 Å². The molecule has 4 unspecified atom stereocenters. The third kappa shape index (κ3) is 7.23. The normalized spacial score (nSPS) is 14.9. The number of phenolic OH excluding ortho intramolecular Hbond substituents is 1. The van der Waals surface area contributed by atoms with E-state index in [4.69, 9.17) is 10.8 Å². The molecule has 0 aliphatic carbocycles. The molecule has 0 radical (unpaired) electrons.